The Hall–Kier alpha value is -2.58. The number of benzene rings is 1. The number of furan rings is 1. The van der Waals surface area contributed by atoms with Crippen molar-refractivity contribution in [3.05, 3.63) is 46.9 Å². The maximum absolute atomic E-state index is 5.71. The Labute approximate surface area is 175 Å². The van der Waals surface area contributed by atoms with E-state index >= 15 is 0 Å². The fraction of sp³-hybridized carbons (Fsp3) is 0.429. The summed E-state index contributed by atoms with van der Waals surface area (Å²) in [6.07, 6.45) is 3.84. The molecule has 0 unspecified atom stereocenters. The Bertz CT molecular complexity index is 1030. The van der Waals surface area contributed by atoms with Gasteiger partial charge in [0.1, 0.15) is 11.5 Å². The summed E-state index contributed by atoms with van der Waals surface area (Å²) in [5.74, 6) is 3.13. The Kier molecular flexibility index (Phi) is 5.73. The minimum absolute atomic E-state index is 0.247. The van der Waals surface area contributed by atoms with Crippen molar-refractivity contribution in [2.45, 2.75) is 39.0 Å². The molecule has 1 fully saturated rings. The van der Waals surface area contributed by atoms with Crippen LogP contribution in [0.1, 0.15) is 31.4 Å². The van der Waals surface area contributed by atoms with Crippen LogP contribution in [-0.2, 0) is 13.2 Å². The normalized spacial score (nSPS) is 17.0. The zero-order valence-electron chi connectivity index (χ0n) is 17.0. The molecule has 29 heavy (non-hydrogen) atoms. The molecule has 154 valence electrons. The van der Waals surface area contributed by atoms with Crippen molar-refractivity contribution >= 4 is 12.2 Å². The highest BCUT2D eigenvalue weighted by Gasteiger charge is 2.29. The highest BCUT2D eigenvalue weighted by molar-refractivity contribution is 7.71. The summed E-state index contributed by atoms with van der Waals surface area (Å²) in [7, 11) is 3.37. The van der Waals surface area contributed by atoms with Gasteiger partial charge in [0, 0.05) is 30.8 Å². The van der Waals surface area contributed by atoms with E-state index < -0.39 is 0 Å². The van der Waals surface area contributed by atoms with Crippen molar-refractivity contribution < 1.29 is 13.9 Å². The molecule has 0 radical (unpaired) electrons. The van der Waals surface area contributed by atoms with E-state index in [9.17, 15) is 0 Å². The monoisotopic (exact) mass is 414 g/mol. The molecule has 0 saturated carbocycles. The van der Waals surface area contributed by atoms with Gasteiger partial charge < -0.3 is 13.9 Å². The summed E-state index contributed by atoms with van der Waals surface area (Å²) in [5, 5.41) is 4.77. The molecule has 0 spiro atoms. The van der Waals surface area contributed by atoms with E-state index in [0.717, 1.165) is 49.0 Å². The van der Waals surface area contributed by atoms with E-state index in [1.54, 1.807) is 20.5 Å². The fourth-order valence-electron chi connectivity index (χ4n) is 4.02. The number of hydrogen-bond donors (Lipinski definition) is 0. The molecule has 3 aromatic rings. The Morgan fingerprint density at radius 3 is 2.79 bits per heavy atom. The number of ether oxygens (including phenoxy) is 2. The lowest BCUT2D eigenvalue weighted by Crippen LogP contribution is -2.27. The molecule has 0 amide bonds. The van der Waals surface area contributed by atoms with E-state index in [1.807, 2.05) is 33.5 Å². The van der Waals surface area contributed by atoms with Crippen LogP contribution < -0.4 is 9.47 Å². The van der Waals surface area contributed by atoms with Gasteiger partial charge >= 0.3 is 0 Å². The summed E-state index contributed by atoms with van der Waals surface area (Å²) in [6.45, 7) is 4.41. The van der Waals surface area contributed by atoms with Crippen LogP contribution in [0.15, 0.2) is 41.0 Å². The van der Waals surface area contributed by atoms with Gasteiger partial charge in [0.2, 0.25) is 0 Å². The SMILES string of the molecule is CCn1c(-c2ccco2)nn(CN2CCC[C@@H]2c2ccc(OC)cc2OC)c1=S. The van der Waals surface area contributed by atoms with E-state index in [2.05, 4.69) is 17.9 Å². The van der Waals surface area contributed by atoms with Crippen molar-refractivity contribution in [3.63, 3.8) is 0 Å². The van der Waals surface area contributed by atoms with E-state index in [4.69, 9.17) is 31.2 Å². The molecule has 3 heterocycles. The highest BCUT2D eigenvalue weighted by atomic mass is 32.1. The molecular formula is C21H26N4O3S. The number of methoxy groups -OCH3 is 2. The lowest BCUT2D eigenvalue weighted by Gasteiger charge is -2.26. The quantitative estimate of drug-likeness (QED) is 0.531. The van der Waals surface area contributed by atoms with Crippen LogP contribution in [0.4, 0.5) is 0 Å². The van der Waals surface area contributed by atoms with Gasteiger partial charge in [-0.2, -0.15) is 0 Å². The van der Waals surface area contributed by atoms with Crippen LogP contribution in [0.2, 0.25) is 0 Å². The fourth-order valence-corrected chi connectivity index (χ4v) is 4.33. The molecule has 7 nitrogen and oxygen atoms in total. The molecule has 4 rings (SSSR count). The number of hydrogen-bond acceptors (Lipinski definition) is 6. The predicted molar refractivity (Wildman–Crippen MR) is 113 cm³/mol. The van der Waals surface area contributed by atoms with Crippen LogP contribution >= 0.6 is 12.2 Å². The smallest absolute Gasteiger partial charge is 0.199 e. The van der Waals surface area contributed by atoms with Gasteiger partial charge in [0.15, 0.2) is 16.4 Å². The third kappa shape index (κ3) is 3.70. The molecule has 8 heteroatoms. The Balaban J connectivity index is 1.64. The molecule has 1 aliphatic rings. The maximum Gasteiger partial charge on any atom is 0.199 e. The molecule has 0 N–H and O–H groups in total. The molecule has 1 saturated heterocycles. The summed E-state index contributed by atoms with van der Waals surface area (Å²) < 4.78 is 21.1. The summed E-state index contributed by atoms with van der Waals surface area (Å²) >= 11 is 5.71. The van der Waals surface area contributed by atoms with Crippen molar-refractivity contribution in [1.29, 1.82) is 0 Å². The topological polar surface area (TPSA) is 57.6 Å². The van der Waals surface area contributed by atoms with Gasteiger partial charge in [-0.25, -0.2) is 4.68 Å². The highest BCUT2D eigenvalue weighted by Crippen LogP contribution is 2.39. The third-order valence-corrected chi connectivity index (χ3v) is 5.89. The number of likely N-dealkylation sites (tertiary alicyclic amines) is 1. The van der Waals surface area contributed by atoms with E-state index in [1.165, 1.54) is 5.56 Å². The van der Waals surface area contributed by atoms with E-state index in [0.29, 0.717) is 11.4 Å². The number of nitrogens with zero attached hydrogens (tertiary/aromatic N) is 4. The second-order valence-corrected chi connectivity index (χ2v) is 7.41. The van der Waals surface area contributed by atoms with Gasteiger partial charge in [-0.05, 0) is 50.2 Å². The molecule has 1 atom stereocenters. The minimum Gasteiger partial charge on any atom is -0.497 e. The lowest BCUT2D eigenvalue weighted by atomic mass is 10.0. The van der Waals surface area contributed by atoms with Crippen LogP contribution in [0.3, 0.4) is 0 Å². The van der Waals surface area contributed by atoms with Gasteiger partial charge in [0.25, 0.3) is 0 Å². The van der Waals surface area contributed by atoms with Crippen molar-refractivity contribution in [3.8, 4) is 23.1 Å². The molecule has 0 bridgehead atoms. The average molecular weight is 415 g/mol. The van der Waals surface area contributed by atoms with Gasteiger partial charge in [-0.3, -0.25) is 9.47 Å². The minimum atomic E-state index is 0.247. The van der Waals surface area contributed by atoms with Crippen molar-refractivity contribution in [1.82, 2.24) is 19.2 Å². The molecule has 2 aromatic heterocycles. The zero-order chi connectivity index (χ0) is 20.4. The number of rotatable bonds is 7. The van der Waals surface area contributed by atoms with Crippen LogP contribution in [-0.4, -0.2) is 40.0 Å². The standard InChI is InChI=1S/C21H26N4O3S/c1-4-24-20(18-8-6-12-28-18)22-25(21(24)29)14-23-11-5-7-17(23)16-10-9-15(26-2)13-19(16)27-3/h6,8-10,12-13,17H,4-5,7,11,14H2,1-3H3/t17-/m1/s1. The first-order valence-corrected chi connectivity index (χ1v) is 10.2. The maximum atomic E-state index is 5.71. The molecule has 1 aliphatic heterocycles. The van der Waals surface area contributed by atoms with Gasteiger partial charge in [-0.15, -0.1) is 5.10 Å². The number of aromatic nitrogens is 3. The Morgan fingerprint density at radius 1 is 1.24 bits per heavy atom. The second-order valence-electron chi connectivity index (χ2n) is 7.05. The van der Waals surface area contributed by atoms with E-state index in [-0.39, 0.29) is 6.04 Å². The molecular weight excluding hydrogens is 388 g/mol. The van der Waals surface area contributed by atoms with Gasteiger partial charge in [0.05, 0.1) is 27.2 Å². The summed E-state index contributed by atoms with van der Waals surface area (Å²) in [6, 6.07) is 10.0. The third-order valence-electron chi connectivity index (χ3n) is 5.46. The first-order valence-electron chi connectivity index (χ1n) is 9.83. The van der Waals surface area contributed by atoms with Crippen molar-refractivity contribution in [2.75, 3.05) is 20.8 Å². The van der Waals surface area contributed by atoms with Gasteiger partial charge in [-0.1, -0.05) is 6.07 Å². The molecule has 1 aromatic carbocycles. The first kappa shape index (κ1) is 19.7. The first-order chi connectivity index (χ1) is 14.2. The molecule has 0 aliphatic carbocycles. The second kappa shape index (κ2) is 8.42. The predicted octanol–water partition coefficient (Wildman–Crippen LogP) is 4.51. The van der Waals surface area contributed by atoms with Crippen molar-refractivity contribution in [2.24, 2.45) is 0 Å². The van der Waals surface area contributed by atoms with Crippen LogP contribution in [0.25, 0.3) is 11.6 Å². The summed E-state index contributed by atoms with van der Waals surface area (Å²) in [4.78, 5) is 2.40. The van der Waals surface area contributed by atoms with Crippen LogP contribution in [0.5, 0.6) is 11.5 Å². The average Bonchev–Trinajstić information content (AvgIpc) is 3.49. The zero-order valence-corrected chi connectivity index (χ0v) is 17.8. The summed E-state index contributed by atoms with van der Waals surface area (Å²) in [5.41, 5.74) is 1.17. The van der Waals surface area contributed by atoms with Crippen LogP contribution in [0, 0.1) is 4.77 Å². The lowest BCUT2D eigenvalue weighted by molar-refractivity contribution is 0.186. The Morgan fingerprint density at radius 2 is 2.10 bits per heavy atom. The largest absolute Gasteiger partial charge is 0.497 e.